The van der Waals surface area contributed by atoms with E-state index in [1.807, 2.05) is 35.0 Å². The highest BCUT2D eigenvalue weighted by Gasteiger charge is 2.26. The minimum atomic E-state index is -0.106. The molecule has 5 rings (SSSR count). The Kier molecular flexibility index (Phi) is 3.84. The number of urea groups is 1. The molecule has 9 nitrogen and oxygen atoms in total. The normalized spacial score (nSPS) is 15.5. The van der Waals surface area contributed by atoms with Gasteiger partial charge in [0.2, 0.25) is 0 Å². The molecule has 2 aliphatic heterocycles. The van der Waals surface area contributed by atoms with Gasteiger partial charge in [-0.3, -0.25) is 0 Å². The Hall–Kier alpha value is -3.23. The van der Waals surface area contributed by atoms with Crippen LogP contribution in [0.4, 0.5) is 4.79 Å². The number of carbonyl (C=O) groups is 1. The second-order valence-corrected chi connectivity index (χ2v) is 6.85. The van der Waals surface area contributed by atoms with Crippen LogP contribution in [0.15, 0.2) is 30.3 Å². The number of nitrogens with one attached hydrogen (secondary N) is 1. The Morgan fingerprint density at radius 3 is 2.85 bits per heavy atom. The number of aryl methyl sites for hydroxylation is 1. The molecule has 138 valence electrons. The summed E-state index contributed by atoms with van der Waals surface area (Å²) in [5.41, 5.74) is 2.91. The van der Waals surface area contributed by atoms with Crippen LogP contribution in [0.25, 0.3) is 5.69 Å². The van der Waals surface area contributed by atoms with Crippen LogP contribution in [0.2, 0.25) is 0 Å². The van der Waals surface area contributed by atoms with E-state index in [4.69, 9.17) is 0 Å². The number of para-hydroxylation sites is 1. The lowest BCUT2D eigenvalue weighted by Crippen LogP contribution is -2.43. The first-order valence-electron chi connectivity index (χ1n) is 9.22. The van der Waals surface area contributed by atoms with Crippen molar-refractivity contribution < 1.29 is 4.79 Å². The molecule has 0 unspecified atom stereocenters. The molecule has 9 heteroatoms. The topological polar surface area (TPSA) is 93.8 Å². The van der Waals surface area contributed by atoms with E-state index in [2.05, 4.69) is 30.4 Å². The molecule has 0 atom stereocenters. The lowest BCUT2D eigenvalue weighted by molar-refractivity contribution is 0.190. The highest BCUT2D eigenvalue weighted by Crippen LogP contribution is 2.20. The Balaban J connectivity index is 1.25. The standard InChI is InChI=1S/C18H20N8O/c27-18(19-11-17-22-21-16-7-4-9-25(16)17)24-10-8-15-14(12-24)20-23-26(15)13-5-2-1-3-6-13/h1-3,5-6H,4,7-12H2,(H,19,27). The summed E-state index contributed by atoms with van der Waals surface area (Å²) < 4.78 is 3.96. The van der Waals surface area contributed by atoms with Crippen LogP contribution >= 0.6 is 0 Å². The van der Waals surface area contributed by atoms with E-state index in [1.54, 1.807) is 4.90 Å². The third-order valence-corrected chi connectivity index (χ3v) is 5.17. The average molecular weight is 364 g/mol. The fourth-order valence-corrected chi connectivity index (χ4v) is 3.76. The fraction of sp³-hybridized carbons (Fsp3) is 0.389. The maximum absolute atomic E-state index is 12.6. The monoisotopic (exact) mass is 364 g/mol. The van der Waals surface area contributed by atoms with Gasteiger partial charge in [-0.2, -0.15) is 0 Å². The predicted molar refractivity (Wildman–Crippen MR) is 96.1 cm³/mol. The molecule has 0 spiro atoms. The van der Waals surface area contributed by atoms with E-state index in [-0.39, 0.29) is 6.03 Å². The number of rotatable bonds is 3. The van der Waals surface area contributed by atoms with Crippen LogP contribution < -0.4 is 5.32 Å². The molecule has 0 saturated heterocycles. The van der Waals surface area contributed by atoms with E-state index < -0.39 is 0 Å². The minimum absolute atomic E-state index is 0.106. The molecule has 0 fully saturated rings. The van der Waals surface area contributed by atoms with Gasteiger partial charge in [-0.25, -0.2) is 9.48 Å². The van der Waals surface area contributed by atoms with Crippen molar-refractivity contribution in [3.8, 4) is 5.69 Å². The van der Waals surface area contributed by atoms with Gasteiger partial charge in [-0.1, -0.05) is 23.4 Å². The van der Waals surface area contributed by atoms with Crippen LogP contribution in [-0.2, 0) is 32.5 Å². The van der Waals surface area contributed by atoms with Crippen molar-refractivity contribution >= 4 is 6.03 Å². The number of hydrogen-bond acceptors (Lipinski definition) is 5. The number of amides is 2. The van der Waals surface area contributed by atoms with Gasteiger partial charge in [-0.15, -0.1) is 15.3 Å². The zero-order chi connectivity index (χ0) is 18.2. The Morgan fingerprint density at radius 2 is 1.96 bits per heavy atom. The smallest absolute Gasteiger partial charge is 0.318 e. The SMILES string of the molecule is O=C(NCc1nnc2n1CCC2)N1CCc2c(nnn2-c2ccccc2)C1. The maximum atomic E-state index is 12.6. The molecule has 0 aliphatic carbocycles. The summed E-state index contributed by atoms with van der Waals surface area (Å²) in [7, 11) is 0. The first kappa shape index (κ1) is 16.0. The molecule has 2 aliphatic rings. The molecule has 4 heterocycles. The molecule has 2 aromatic heterocycles. The van der Waals surface area contributed by atoms with Crippen molar-refractivity contribution in [3.05, 3.63) is 53.4 Å². The average Bonchev–Trinajstić information content (AvgIpc) is 3.42. The maximum Gasteiger partial charge on any atom is 0.318 e. The summed E-state index contributed by atoms with van der Waals surface area (Å²) in [5, 5.41) is 19.9. The second-order valence-electron chi connectivity index (χ2n) is 6.85. The quantitative estimate of drug-likeness (QED) is 0.750. The Bertz CT molecular complexity index is 977. The zero-order valence-electron chi connectivity index (χ0n) is 14.9. The zero-order valence-corrected chi connectivity index (χ0v) is 14.9. The van der Waals surface area contributed by atoms with E-state index in [1.165, 1.54) is 0 Å². The van der Waals surface area contributed by atoms with Gasteiger partial charge in [0.15, 0.2) is 5.82 Å². The summed E-state index contributed by atoms with van der Waals surface area (Å²) in [6.45, 7) is 2.43. The lowest BCUT2D eigenvalue weighted by Gasteiger charge is -2.26. The molecule has 3 aromatic rings. The van der Waals surface area contributed by atoms with Crippen LogP contribution in [0.5, 0.6) is 0 Å². The molecule has 2 amide bonds. The number of fused-ring (bicyclic) bond motifs is 2. The van der Waals surface area contributed by atoms with E-state index in [0.29, 0.717) is 19.6 Å². The summed E-state index contributed by atoms with van der Waals surface area (Å²) in [6, 6.07) is 9.84. The van der Waals surface area contributed by atoms with Gasteiger partial charge in [0.05, 0.1) is 24.5 Å². The molecule has 27 heavy (non-hydrogen) atoms. The van der Waals surface area contributed by atoms with Gasteiger partial charge in [-0.05, 0) is 18.6 Å². The van der Waals surface area contributed by atoms with Crippen molar-refractivity contribution in [3.63, 3.8) is 0 Å². The highest BCUT2D eigenvalue weighted by atomic mass is 16.2. The molecular weight excluding hydrogens is 344 g/mol. The van der Waals surface area contributed by atoms with Gasteiger partial charge in [0.25, 0.3) is 0 Å². The van der Waals surface area contributed by atoms with Crippen molar-refractivity contribution in [2.45, 2.75) is 38.9 Å². The summed E-state index contributed by atoms with van der Waals surface area (Å²) in [5.74, 6) is 1.84. The number of carbonyl (C=O) groups excluding carboxylic acids is 1. The highest BCUT2D eigenvalue weighted by molar-refractivity contribution is 5.74. The molecule has 0 radical (unpaired) electrons. The van der Waals surface area contributed by atoms with Gasteiger partial charge in [0.1, 0.15) is 11.5 Å². The van der Waals surface area contributed by atoms with E-state index >= 15 is 0 Å². The van der Waals surface area contributed by atoms with Gasteiger partial charge in [0, 0.05) is 25.9 Å². The molecular formula is C18H20N8O. The van der Waals surface area contributed by atoms with Crippen molar-refractivity contribution in [2.24, 2.45) is 0 Å². The van der Waals surface area contributed by atoms with Gasteiger partial charge >= 0.3 is 6.03 Å². The molecule has 0 saturated carbocycles. The lowest BCUT2D eigenvalue weighted by atomic mass is 10.1. The fourth-order valence-electron chi connectivity index (χ4n) is 3.76. The van der Waals surface area contributed by atoms with Gasteiger partial charge < -0.3 is 14.8 Å². The molecule has 1 N–H and O–H groups in total. The van der Waals surface area contributed by atoms with Crippen molar-refractivity contribution in [1.82, 2.24) is 40.0 Å². The molecule has 0 bridgehead atoms. The van der Waals surface area contributed by atoms with E-state index in [0.717, 1.165) is 54.5 Å². The Morgan fingerprint density at radius 1 is 1.07 bits per heavy atom. The first-order chi connectivity index (χ1) is 13.3. The predicted octanol–water partition coefficient (Wildman–Crippen LogP) is 1.07. The summed E-state index contributed by atoms with van der Waals surface area (Å²) in [6.07, 6.45) is 2.79. The number of aromatic nitrogens is 6. The number of benzene rings is 1. The first-order valence-corrected chi connectivity index (χ1v) is 9.22. The molecule has 1 aromatic carbocycles. The van der Waals surface area contributed by atoms with Crippen LogP contribution in [0.3, 0.4) is 0 Å². The van der Waals surface area contributed by atoms with Crippen LogP contribution in [0, 0.1) is 0 Å². The summed E-state index contributed by atoms with van der Waals surface area (Å²) >= 11 is 0. The number of nitrogens with zero attached hydrogens (tertiary/aromatic N) is 7. The van der Waals surface area contributed by atoms with Crippen LogP contribution in [-0.4, -0.2) is 47.2 Å². The largest absolute Gasteiger partial charge is 0.331 e. The van der Waals surface area contributed by atoms with Crippen LogP contribution in [0.1, 0.15) is 29.5 Å². The summed E-state index contributed by atoms with van der Waals surface area (Å²) in [4.78, 5) is 14.4. The van der Waals surface area contributed by atoms with Crippen molar-refractivity contribution in [2.75, 3.05) is 6.54 Å². The second kappa shape index (κ2) is 6.49. The third kappa shape index (κ3) is 2.84. The Labute approximate surface area is 156 Å². The number of hydrogen-bond donors (Lipinski definition) is 1. The van der Waals surface area contributed by atoms with E-state index in [9.17, 15) is 4.79 Å². The third-order valence-electron chi connectivity index (χ3n) is 5.17. The van der Waals surface area contributed by atoms with Crippen molar-refractivity contribution in [1.29, 1.82) is 0 Å². The minimum Gasteiger partial charge on any atom is -0.331 e.